The number of halogens is 3. The van der Waals surface area contributed by atoms with E-state index in [1.54, 1.807) is 12.1 Å². The lowest BCUT2D eigenvalue weighted by atomic mass is 10.1. The molecule has 0 saturated heterocycles. The Morgan fingerprint density at radius 3 is 2.45 bits per heavy atom. The summed E-state index contributed by atoms with van der Waals surface area (Å²) < 4.78 is 8.02. The number of ether oxygens (including phenoxy) is 1. The maximum absolute atomic E-state index is 10.9. The van der Waals surface area contributed by atoms with Crippen LogP contribution in [0, 0.1) is 0 Å². The second-order valence-corrected chi connectivity index (χ2v) is 9.10. The van der Waals surface area contributed by atoms with Gasteiger partial charge in [0.25, 0.3) is 0 Å². The highest BCUT2D eigenvalue weighted by molar-refractivity contribution is 9.10. The zero-order valence-electron chi connectivity index (χ0n) is 17.7. The summed E-state index contributed by atoms with van der Waals surface area (Å²) in [5, 5.41) is 4.18. The Kier molecular flexibility index (Phi) is 7.38. The zero-order chi connectivity index (χ0) is 23.4. The molecule has 0 atom stereocenters. The molecule has 0 amide bonds. The lowest BCUT2D eigenvalue weighted by molar-refractivity contribution is -0.140. The monoisotopic (exact) mass is 543 g/mol. The molecule has 168 valence electrons. The molecule has 0 aliphatic heterocycles. The third-order valence-electron chi connectivity index (χ3n) is 4.96. The molecule has 0 saturated carbocycles. The van der Waals surface area contributed by atoms with Crippen molar-refractivity contribution in [2.45, 2.75) is 13.3 Å². The van der Waals surface area contributed by atoms with Crippen molar-refractivity contribution in [1.29, 1.82) is 0 Å². The predicted octanol–water partition coefficient (Wildman–Crippen LogP) is 7.13. The van der Waals surface area contributed by atoms with Gasteiger partial charge in [-0.15, -0.1) is 0 Å². The third kappa shape index (κ3) is 5.96. The topological polar surface area (TPSA) is 56.1 Å². The molecule has 4 aromatic rings. The first-order chi connectivity index (χ1) is 15.9. The number of imidazole rings is 1. The molecular formula is C25H20BrCl2N3O2. The van der Waals surface area contributed by atoms with E-state index < -0.39 is 0 Å². The lowest BCUT2D eigenvalue weighted by Gasteiger charge is -2.10. The quantitative estimate of drug-likeness (QED) is 0.198. The number of nitrogens with zero attached hydrogens (tertiary/aromatic N) is 2. The van der Waals surface area contributed by atoms with E-state index in [0.717, 1.165) is 38.5 Å². The molecule has 0 aliphatic carbocycles. The number of anilines is 1. The van der Waals surface area contributed by atoms with Crippen LogP contribution >= 0.6 is 39.1 Å². The van der Waals surface area contributed by atoms with Crippen LogP contribution in [0.25, 0.3) is 16.9 Å². The molecule has 8 heteroatoms. The van der Waals surface area contributed by atoms with Crippen molar-refractivity contribution in [2.75, 3.05) is 12.0 Å². The largest absolute Gasteiger partial charge is 0.445 e. The third-order valence-corrected chi connectivity index (χ3v) is 6.04. The van der Waals surface area contributed by atoms with Gasteiger partial charge in [-0.3, -0.25) is 4.79 Å². The average Bonchev–Trinajstić information content (AvgIpc) is 3.19. The van der Waals surface area contributed by atoms with Crippen molar-refractivity contribution in [3.63, 3.8) is 0 Å². The van der Waals surface area contributed by atoms with Crippen LogP contribution in [0.2, 0.25) is 10.0 Å². The summed E-state index contributed by atoms with van der Waals surface area (Å²) in [7, 11) is 0. The standard InChI is InChI=1S/C25H20BrCl2N3O2/c1-16(32)33-15-29-20-7-9-21(10-8-20)31-14-24(22-11-6-19(27)13-23(22)28)30-25(31)12-17-2-4-18(26)5-3-17/h2-11,13-14,29H,12,15H2,1H3. The summed E-state index contributed by atoms with van der Waals surface area (Å²) in [6, 6.07) is 21.4. The minimum atomic E-state index is -0.330. The van der Waals surface area contributed by atoms with E-state index in [-0.39, 0.29) is 12.7 Å². The summed E-state index contributed by atoms with van der Waals surface area (Å²) in [6.07, 6.45) is 2.62. The van der Waals surface area contributed by atoms with Crippen LogP contribution in [0.1, 0.15) is 18.3 Å². The van der Waals surface area contributed by atoms with Gasteiger partial charge in [-0.1, -0.05) is 51.3 Å². The van der Waals surface area contributed by atoms with Crippen LogP contribution < -0.4 is 5.32 Å². The molecule has 1 N–H and O–H groups in total. The summed E-state index contributed by atoms with van der Waals surface area (Å²) in [5.74, 6) is 0.544. The van der Waals surface area contributed by atoms with E-state index in [4.69, 9.17) is 32.9 Å². The molecule has 0 aliphatic rings. The highest BCUT2D eigenvalue weighted by Gasteiger charge is 2.14. The number of hydrogen-bond acceptors (Lipinski definition) is 4. The van der Waals surface area contributed by atoms with Crippen LogP contribution in [-0.4, -0.2) is 22.3 Å². The van der Waals surface area contributed by atoms with Crippen molar-refractivity contribution in [3.8, 4) is 16.9 Å². The number of hydrogen-bond donors (Lipinski definition) is 1. The minimum absolute atomic E-state index is 0.119. The van der Waals surface area contributed by atoms with E-state index in [1.165, 1.54) is 6.92 Å². The molecule has 0 fully saturated rings. The first-order valence-corrected chi connectivity index (χ1v) is 11.7. The number of rotatable bonds is 7. The fourth-order valence-corrected chi connectivity index (χ4v) is 4.11. The first-order valence-electron chi connectivity index (χ1n) is 10.1. The Morgan fingerprint density at radius 2 is 1.79 bits per heavy atom. The second kappa shape index (κ2) is 10.4. The van der Waals surface area contributed by atoms with Crippen molar-refractivity contribution in [1.82, 2.24) is 9.55 Å². The molecular weight excluding hydrogens is 525 g/mol. The van der Waals surface area contributed by atoms with Gasteiger partial charge in [-0.2, -0.15) is 0 Å². The fourth-order valence-electron chi connectivity index (χ4n) is 3.34. The smallest absolute Gasteiger partial charge is 0.304 e. The molecule has 5 nitrogen and oxygen atoms in total. The second-order valence-electron chi connectivity index (χ2n) is 7.34. The lowest BCUT2D eigenvalue weighted by Crippen LogP contribution is -2.09. The van der Waals surface area contributed by atoms with Crippen LogP contribution in [0.5, 0.6) is 0 Å². The Labute approximate surface area is 210 Å². The van der Waals surface area contributed by atoms with Gasteiger partial charge >= 0.3 is 5.97 Å². The van der Waals surface area contributed by atoms with E-state index in [9.17, 15) is 4.79 Å². The van der Waals surface area contributed by atoms with Crippen LogP contribution in [0.4, 0.5) is 5.69 Å². The molecule has 0 spiro atoms. The Bertz CT molecular complexity index is 1270. The highest BCUT2D eigenvalue weighted by Crippen LogP contribution is 2.31. The molecule has 1 aromatic heterocycles. The molecule has 3 aromatic carbocycles. The van der Waals surface area contributed by atoms with Gasteiger partial charge in [-0.25, -0.2) is 4.98 Å². The van der Waals surface area contributed by atoms with E-state index in [2.05, 4.69) is 37.9 Å². The Morgan fingerprint density at radius 1 is 1.06 bits per heavy atom. The fraction of sp³-hybridized carbons (Fsp3) is 0.120. The zero-order valence-corrected chi connectivity index (χ0v) is 20.8. The van der Waals surface area contributed by atoms with Crippen LogP contribution in [0.3, 0.4) is 0 Å². The molecule has 0 radical (unpaired) electrons. The summed E-state index contributed by atoms with van der Waals surface area (Å²) in [4.78, 5) is 15.9. The van der Waals surface area contributed by atoms with Crippen LogP contribution in [-0.2, 0) is 16.0 Å². The number of carbonyl (C=O) groups excluding carboxylic acids is 1. The maximum Gasteiger partial charge on any atom is 0.304 e. The molecule has 0 bridgehead atoms. The summed E-state index contributed by atoms with van der Waals surface area (Å²) >= 11 is 16.0. The number of carbonyl (C=O) groups is 1. The van der Waals surface area contributed by atoms with Crippen molar-refractivity contribution in [3.05, 3.63) is 98.8 Å². The number of nitrogens with one attached hydrogen (secondary N) is 1. The molecule has 4 rings (SSSR count). The normalized spacial score (nSPS) is 10.8. The van der Waals surface area contributed by atoms with Gasteiger partial charge in [0.05, 0.1) is 10.7 Å². The summed E-state index contributed by atoms with van der Waals surface area (Å²) in [5.41, 5.74) is 4.51. The van der Waals surface area contributed by atoms with E-state index >= 15 is 0 Å². The maximum atomic E-state index is 10.9. The Balaban J connectivity index is 1.68. The van der Waals surface area contributed by atoms with Gasteiger partial charge in [-0.05, 0) is 60.2 Å². The number of esters is 1. The SMILES string of the molecule is CC(=O)OCNc1ccc(-n2cc(-c3ccc(Cl)cc3Cl)nc2Cc2ccc(Br)cc2)cc1. The van der Waals surface area contributed by atoms with Crippen molar-refractivity contribution in [2.24, 2.45) is 0 Å². The molecule has 0 unspecified atom stereocenters. The minimum Gasteiger partial charge on any atom is -0.445 e. The number of aromatic nitrogens is 2. The molecule has 33 heavy (non-hydrogen) atoms. The van der Waals surface area contributed by atoms with E-state index in [1.807, 2.05) is 48.7 Å². The average molecular weight is 545 g/mol. The predicted molar refractivity (Wildman–Crippen MR) is 136 cm³/mol. The van der Waals surface area contributed by atoms with Gasteiger partial charge in [0.15, 0.2) is 6.73 Å². The Hall–Kier alpha value is -2.80. The van der Waals surface area contributed by atoms with Crippen LogP contribution in [0.15, 0.2) is 77.4 Å². The first kappa shape index (κ1) is 23.4. The van der Waals surface area contributed by atoms with Gasteiger partial charge < -0.3 is 14.6 Å². The number of benzene rings is 3. The van der Waals surface area contributed by atoms with Crippen molar-refractivity contribution < 1.29 is 9.53 Å². The highest BCUT2D eigenvalue weighted by atomic mass is 79.9. The van der Waals surface area contributed by atoms with Gasteiger partial charge in [0.2, 0.25) is 0 Å². The molecule has 1 heterocycles. The summed E-state index contributed by atoms with van der Waals surface area (Å²) in [6.45, 7) is 1.50. The van der Waals surface area contributed by atoms with E-state index in [0.29, 0.717) is 16.5 Å². The van der Waals surface area contributed by atoms with Gasteiger partial charge in [0, 0.05) is 46.0 Å². The van der Waals surface area contributed by atoms with Gasteiger partial charge in [0.1, 0.15) is 5.82 Å². The van der Waals surface area contributed by atoms with Crippen molar-refractivity contribution >= 4 is 50.8 Å².